The smallest absolute Gasteiger partial charge is 0.0368 e. The minimum Gasteiger partial charge on any atom is -0.0925 e. The first kappa shape index (κ1) is 13.8. The molecule has 0 aromatic heterocycles. The molecule has 1 rings (SSSR count). The third-order valence-corrected chi connectivity index (χ3v) is 8.34. The second kappa shape index (κ2) is 8.80. The Morgan fingerprint density at radius 2 is 1.73 bits per heavy atom. The van der Waals surface area contributed by atoms with Crippen LogP contribution in [0.15, 0.2) is 0 Å². The summed E-state index contributed by atoms with van der Waals surface area (Å²) in [6.45, 7) is 2.30. The lowest BCUT2D eigenvalue weighted by atomic mass is 10.1. The summed E-state index contributed by atoms with van der Waals surface area (Å²) < 4.78 is 0. The van der Waals surface area contributed by atoms with Gasteiger partial charge in [-0.05, 0) is 5.92 Å². The van der Waals surface area contributed by atoms with Crippen LogP contribution in [0.1, 0.15) is 51.9 Å². The number of halogens is 1. The summed E-state index contributed by atoms with van der Waals surface area (Å²) in [6, 6.07) is 4.94. The van der Waals surface area contributed by atoms with Crippen molar-refractivity contribution in [1.82, 2.24) is 0 Å². The van der Waals surface area contributed by atoms with Crippen molar-refractivity contribution in [2.24, 2.45) is 5.92 Å². The van der Waals surface area contributed by atoms with Crippen LogP contribution in [0, 0.1) is 5.92 Å². The number of unbranched alkanes of at least 4 members (excludes halogenated alkanes) is 4. The van der Waals surface area contributed by atoms with Gasteiger partial charge in [-0.15, -0.1) is 0 Å². The fourth-order valence-electron chi connectivity index (χ4n) is 2.71. The van der Waals surface area contributed by atoms with Crippen molar-refractivity contribution in [3.8, 4) is 0 Å². The largest absolute Gasteiger partial charge is 0.0925 e. The molecule has 1 aliphatic rings. The lowest BCUT2D eigenvalue weighted by Crippen LogP contribution is -2.21. The molecule has 0 aromatic rings. The van der Waals surface area contributed by atoms with E-state index in [0.29, 0.717) is 0 Å². The molecule has 15 heavy (non-hydrogen) atoms. The van der Waals surface area contributed by atoms with Gasteiger partial charge in [0.2, 0.25) is 0 Å². The molecular weight excluding hydrogens is 264 g/mol. The highest BCUT2D eigenvalue weighted by molar-refractivity contribution is 9.09. The Kier molecular flexibility index (Phi) is 8.08. The molecule has 1 saturated heterocycles. The molecule has 0 bridgehead atoms. The molecule has 1 fully saturated rings. The van der Waals surface area contributed by atoms with Crippen LogP contribution in [0.25, 0.3) is 0 Å². The first-order valence-electron chi connectivity index (χ1n) is 6.92. The molecule has 0 nitrogen and oxygen atoms in total. The molecule has 0 aliphatic carbocycles. The molecule has 1 heterocycles. The van der Waals surface area contributed by atoms with Crippen LogP contribution in [0.2, 0.25) is 18.1 Å². The quantitative estimate of drug-likeness (QED) is 0.352. The third-order valence-electron chi connectivity index (χ3n) is 3.90. The number of hydrogen-bond acceptors (Lipinski definition) is 0. The SMILES string of the molecule is CCCCCCC[Si@H]1CC[C@H](CBr)CC1. The predicted molar refractivity (Wildman–Crippen MR) is 76.8 cm³/mol. The zero-order chi connectivity index (χ0) is 10.9. The van der Waals surface area contributed by atoms with E-state index in [9.17, 15) is 0 Å². The fraction of sp³-hybridized carbons (Fsp3) is 1.00. The van der Waals surface area contributed by atoms with Crippen LogP contribution in [0.3, 0.4) is 0 Å². The molecule has 0 amide bonds. The normalized spacial score (nSPS) is 26.8. The van der Waals surface area contributed by atoms with Crippen LogP contribution in [0.4, 0.5) is 0 Å². The number of rotatable bonds is 7. The van der Waals surface area contributed by atoms with Gasteiger partial charge in [0.05, 0.1) is 0 Å². The Balaban J connectivity index is 1.94. The minimum absolute atomic E-state index is 0.251. The molecule has 0 saturated carbocycles. The standard InChI is InChI=1S/C13H27BrSi/c1-2-3-4-5-6-9-15-10-7-13(12-14)8-11-15/h13,15H,2-12H2,1H3/t13-,15-. The number of alkyl halides is 1. The second-order valence-electron chi connectivity index (χ2n) is 5.24. The Bertz CT molecular complexity index is 141. The van der Waals surface area contributed by atoms with Gasteiger partial charge in [-0.1, -0.05) is 85.9 Å². The third kappa shape index (κ3) is 6.11. The molecule has 2 heteroatoms. The van der Waals surface area contributed by atoms with Crippen molar-refractivity contribution in [1.29, 1.82) is 0 Å². The molecule has 0 radical (unpaired) electrons. The van der Waals surface area contributed by atoms with Crippen LogP contribution < -0.4 is 0 Å². The summed E-state index contributed by atoms with van der Waals surface area (Å²) in [6.07, 6.45) is 10.5. The van der Waals surface area contributed by atoms with Gasteiger partial charge in [0, 0.05) is 14.1 Å². The highest BCUT2D eigenvalue weighted by Crippen LogP contribution is 2.29. The van der Waals surface area contributed by atoms with E-state index in [0.717, 1.165) is 5.92 Å². The van der Waals surface area contributed by atoms with Crippen molar-refractivity contribution in [2.75, 3.05) is 5.33 Å². The summed E-state index contributed by atoms with van der Waals surface area (Å²) in [5.41, 5.74) is 0. The van der Waals surface area contributed by atoms with E-state index in [-0.39, 0.29) is 8.80 Å². The van der Waals surface area contributed by atoms with Crippen molar-refractivity contribution in [3.63, 3.8) is 0 Å². The van der Waals surface area contributed by atoms with Crippen LogP contribution in [-0.2, 0) is 0 Å². The van der Waals surface area contributed by atoms with E-state index in [4.69, 9.17) is 0 Å². The molecule has 0 aromatic carbocycles. The van der Waals surface area contributed by atoms with E-state index < -0.39 is 0 Å². The first-order chi connectivity index (χ1) is 7.36. The van der Waals surface area contributed by atoms with Gasteiger partial charge in [-0.3, -0.25) is 0 Å². The van der Waals surface area contributed by atoms with E-state index in [1.54, 1.807) is 24.6 Å². The Labute approximate surface area is 106 Å². The average Bonchev–Trinajstić information content (AvgIpc) is 2.30. The molecule has 0 N–H and O–H groups in total. The minimum atomic E-state index is -0.251. The molecular formula is C13H27BrSi. The van der Waals surface area contributed by atoms with Crippen LogP contribution >= 0.6 is 15.9 Å². The van der Waals surface area contributed by atoms with Crippen LogP contribution in [0.5, 0.6) is 0 Å². The number of hydrogen-bond donors (Lipinski definition) is 0. The van der Waals surface area contributed by atoms with Gasteiger partial charge in [-0.2, -0.15) is 0 Å². The summed E-state index contributed by atoms with van der Waals surface area (Å²) >= 11 is 3.63. The summed E-state index contributed by atoms with van der Waals surface area (Å²) in [5.74, 6) is 1.02. The molecule has 1 aliphatic heterocycles. The Morgan fingerprint density at radius 3 is 2.33 bits per heavy atom. The first-order valence-corrected chi connectivity index (χ1v) is 10.5. The summed E-state index contributed by atoms with van der Waals surface area (Å²) in [4.78, 5) is 0. The lowest BCUT2D eigenvalue weighted by molar-refractivity contribution is 0.526. The van der Waals surface area contributed by atoms with Crippen molar-refractivity contribution < 1.29 is 0 Å². The summed E-state index contributed by atoms with van der Waals surface area (Å²) in [7, 11) is -0.251. The van der Waals surface area contributed by atoms with Crippen molar-refractivity contribution in [3.05, 3.63) is 0 Å². The molecule has 0 atom stereocenters. The molecule has 90 valence electrons. The summed E-state index contributed by atoms with van der Waals surface area (Å²) in [5, 5.41) is 1.25. The van der Waals surface area contributed by atoms with E-state index in [1.807, 2.05) is 0 Å². The highest BCUT2D eigenvalue weighted by atomic mass is 79.9. The van der Waals surface area contributed by atoms with Gasteiger partial charge in [0.1, 0.15) is 0 Å². The van der Waals surface area contributed by atoms with Gasteiger partial charge in [-0.25, -0.2) is 0 Å². The van der Waals surface area contributed by atoms with Crippen molar-refractivity contribution in [2.45, 2.75) is 70.0 Å². The van der Waals surface area contributed by atoms with Gasteiger partial charge >= 0.3 is 0 Å². The van der Waals surface area contributed by atoms with E-state index in [2.05, 4.69) is 22.9 Å². The monoisotopic (exact) mass is 290 g/mol. The Hall–Kier alpha value is 0.697. The maximum atomic E-state index is 3.63. The van der Waals surface area contributed by atoms with E-state index >= 15 is 0 Å². The van der Waals surface area contributed by atoms with Gasteiger partial charge in [0.15, 0.2) is 0 Å². The maximum absolute atomic E-state index is 3.63. The average molecular weight is 291 g/mol. The molecule has 0 spiro atoms. The van der Waals surface area contributed by atoms with Crippen molar-refractivity contribution >= 4 is 24.7 Å². The zero-order valence-electron chi connectivity index (χ0n) is 10.3. The maximum Gasteiger partial charge on any atom is 0.0368 e. The zero-order valence-corrected chi connectivity index (χ0v) is 13.1. The van der Waals surface area contributed by atoms with E-state index in [1.165, 1.54) is 43.9 Å². The van der Waals surface area contributed by atoms with Crippen LogP contribution in [-0.4, -0.2) is 14.1 Å². The van der Waals surface area contributed by atoms with Gasteiger partial charge < -0.3 is 0 Å². The highest BCUT2D eigenvalue weighted by Gasteiger charge is 2.20. The van der Waals surface area contributed by atoms with Gasteiger partial charge in [0.25, 0.3) is 0 Å². The topological polar surface area (TPSA) is 0 Å². The fourth-order valence-corrected chi connectivity index (χ4v) is 6.98. The second-order valence-corrected chi connectivity index (χ2v) is 9.36. The lowest BCUT2D eigenvalue weighted by Gasteiger charge is -2.26. The Morgan fingerprint density at radius 1 is 1.07 bits per heavy atom. The predicted octanol–water partition coefficient (Wildman–Crippen LogP) is 4.99. The molecule has 0 unspecified atom stereocenters.